The summed E-state index contributed by atoms with van der Waals surface area (Å²) in [5.74, 6) is 0.0163. The van der Waals surface area contributed by atoms with Crippen LogP contribution in [0.2, 0.25) is 0 Å². The Morgan fingerprint density at radius 2 is 1.79 bits per heavy atom. The van der Waals surface area contributed by atoms with Gasteiger partial charge in [-0.2, -0.15) is 0 Å². The Kier molecular flexibility index (Phi) is 2.14. The molecule has 0 N–H and O–H groups in total. The van der Waals surface area contributed by atoms with Crippen LogP contribution < -0.4 is 0 Å². The van der Waals surface area contributed by atoms with Crippen LogP contribution in [0.25, 0.3) is 11.4 Å². The molecule has 1 heterocycles. The van der Waals surface area contributed by atoms with E-state index in [1.807, 2.05) is 0 Å². The van der Waals surface area contributed by atoms with E-state index in [4.69, 9.17) is 0 Å². The molecular weight excluding hydrogens is 182 g/mol. The second kappa shape index (κ2) is 3.45. The zero-order valence-corrected chi connectivity index (χ0v) is 7.48. The van der Waals surface area contributed by atoms with E-state index in [1.165, 1.54) is 18.5 Å². The van der Waals surface area contributed by atoms with Crippen molar-refractivity contribution >= 4 is 0 Å². The van der Waals surface area contributed by atoms with E-state index >= 15 is 0 Å². The van der Waals surface area contributed by atoms with Crippen LogP contribution in [0.15, 0.2) is 24.5 Å². The van der Waals surface area contributed by atoms with Gasteiger partial charge in [0.15, 0.2) is 6.33 Å². The van der Waals surface area contributed by atoms with E-state index in [2.05, 4.69) is 20.4 Å². The van der Waals surface area contributed by atoms with Gasteiger partial charge in [0.2, 0.25) is 5.82 Å². The molecule has 0 aliphatic carbocycles. The molecule has 4 nitrogen and oxygen atoms in total. The number of halogens is 1. The van der Waals surface area contributed by atoms with Crippen molar-refractivity contribution < 1.29 is 4.39 Å². The van der Waals surface area contributed by atoms with Crippen molar-refractivity contribution in [3.8, 4) is 11.4 Å². The molecule has 0 aliphatic heterocycles. The highest BCUT2D eigenvalue weighted by Crippen LogP contribution is 2.16. The Bertz CT molecular complexity index is 424. The minimum Gasteiger partial charge on any atom is -0.207 e. The fraction of sp³-hybridized carbons (Fsp3) is 0.111. The van der Waals surface area contributed by atoms with Crippen molar-refractivity contribution in [1.29, 1.82) is 0 Å². The molecule has 0 spiro atoms. The molecule has 14 heavy (non-hydrogen) atoms. The van der Waals surface area contributed by atoms with Crippen LogP contribution in [0.1, 0.15) is 5.56 Å². The Morgan fingerprint density at radius 3 is 2.43 bits per heavy atom. The highest BCUT2D eigenvalue weighted by Gasteiger charge is 2.03. The quantitative estimate of drug-likeness (QED) is 0.680. The molecule has 0 bridgehead atoms. The number of rotatable bonds is 1. The van der Waals surface area contributed by atoms with Gasteiger partial charge in [0.25, 0.3) is 0 Å². The number of hydrogen-bond donors (Lipinski definition) is 0. The van der Waals surface area contributed by atoms with Gasteiger partial charge in [0, 0.05) is 5.56 Å². The zero-order valence-electron chi connectivity index (χ0n) is 7.48. The highest BCUT2D eigenvalue weighted by molar-refractivity contribution is 5.54. The molecule has 0 atom stereocenters. The summed E-state index contributed by atoms with van der Waals surface area (Å²) >= 11 is 0. The number of hydrogen-bond acceptors (Lipinski definition) is 4. The molecule has 0 saturated heterocycles. The Hall–Kier alpha value is -1.91. The van der Waals surface area contributed by atoms with Crippen LogP contribution >= 0.6 is 0 Å². The van der Waals surface area contributed by atoms with Crippen molar-refractivity contribution in [2.45, 2.75) is 6.92 Å². The summed E-state index contributed by atoms with van der Waals surface area (Å²) in [6.45, 7) is 1.80. The SMILES string of the molecule is Cc1cc([18F])cc(-c2nncnn2)c1. The lowest BCUT2D eigenvalue weighted by Crippen LogP contribution is -1.94. The van der Waals surface area contributed by atoms with Gasteiger partial charge in [0.05, 0.1) is 0 Å². The number of aromatic nitrogens is 4. The van der Waals surface area contributed by atoms with E-state index in [0.717, 1.165) is 5.56 Å². The minimum atomic E-state index is -0.313. The van der Waals surface area contributed by atoms with E-state index < -0.39 is 0 Å². The first-order valence-electron chi connectivity index (χ1n) is 4.03. The predicted molar refractivity (Wildman–Crippen MR) is 47.8 cm³/mol. The summed E-state index contributed by atoms with van der Waals surface area (Å²) in [6, 6.07) is 4.57. The fourth-order valence-electron chi connectivity index (χ4n) is 1.19. The fourth-order valence-corrected chi connectivity index (χ4v) is 1.19. The van der Waals surface area contributed by atoms with Crippen molar-refractivity contribution in [3.05, 3.63) is 35.9 Å². The molecule has 5 heteroatoms. The van der Waals surface area contributed by atoms with Crippen molar-refractivity contribution in [1.82, 2.24) is 20.4 Å². The van der Waals surface area contributed by atoms with Crippen LogP contribution in [0.5, 0.6) is 0 Å². The second-order valence-corrected chi connectivity index (χ2v) is 2.89. The van der Waals surface area contributed by atoms with Crippen LogP contribution in [0.3, 0.4) is 0 Å². The van der Waals surface area contributed by atoms with Gasteiger partial charge in [-0.25, -0.2) is 4.39 Å². The molecular formula is C9H7FN4. The third-order valence-electron chi connectivity index (χ3n) is 1.71. The van der Waals surface area contributed by atoms with Crippen LogP contribution in [0.4, 0.5) is 4.39 Å². The van der Waals surface area contributed by atoms with Crippen molar-refractivity contribution in [2.75, 3.05) is 0 Å². The summed E-state index contributed by atoms with van der Waals surface area (Å²) in [5, 5.41) is 14.6. The number of aryl methyl sites for hydroxylation is 1. The van der Waals surface area contributed by atoms with Gasteiger partial charge in [-0.05, 0) is 30.7 Å². The highest BCUT2D eigenvalue weighted by atomic mass is 18.2. The molecule has 0 unspecified atom stereocenters. The first kappa shape index (κ1) is 8.68. The number of benzene rings is 1. The lowest BCUT2D eigenvalue weighted by Gasteiger charge is -1.99. The normalized spacial score (nSPS) is 10.1. The summed E-state index contributed by atoms with van der Waals surface area (Å²) in [7, 11) is 0. The van der Waals surface area contributed by atoms with E-state index in [1.54, 1.807) is 13.0 Å². The molecule has 70 valence electrons. The lowest BCUT2D eigenvalue weighted by atomic mass is 10.1. The third kappa shape index (κ3) is 1.71. The van der Waals surface area contributed by atoms with Gasteiger partial charge in [0.1, 0.15) is 5.82 Å². The van der Waals surface area contributed by atoms with Gasteiger partial charge in [-0.15, -0.1) is 20.4 Å². The predicted octanol–water partition coefficient (Wildman–Crippen LogP) is 1.38. The first-order valence-corrected chi connectivity index (χ1v) is 4.03. The molecule has 1 aromatic heterocycles. The average molecular weight is 189 g/mol. The van der Waals surface area contributed by atoms with E-state index in [9.17, 15) is 4.39 Å². The smallest absolute Gasteiger partial charge is 0.203 e. The Morgan fingerprint density at radius 1 is 1.07 bits per heavy atom. The summed E-state index contributed by atoms with van der Waals surface area (Å²) in [6.07, 6.45) is 1.23. The second-order valence-electron chi connectivity index (χ2n) is 2.89. The molecule has 0 amide bonds. The van der Waals surface area contributed by atoms with Gasteiger partial charge in [-0.3, -0.25) is 0 Å². The first-order chi connectivity index (χ1) is 6.75. The summed E-state index contributed by atoms with van der Waals surface area (Å²) in [4.78, 5) is 0. The molecule has 0 saturated carbocycles. The monoisotopic (exact) mass is 189 g/mol. The molecule has 0 fully saturated rings. The largest absolute Gasteiger partial charge is 0.207 e. The van der Waals surface area contributed by atoms with E-state index in [0.29, 0.717) is 11.4 Å². The maximum atomic E-state index is 13.0. The van der Waals surface area contributed by atoms with Crippen LogP contribution in [-0.2, 0) is 0 Å². The molecule has 2 rings (SSSR count). The molecule has 1 aromatic carbocycles. The van der Waals surface area contributed by atoms with Crippen LogP contribution in [-0.4, -0.2) is 20.4 Å². The standard InChI is InChI=1S/C9H7FN4/c1-6-2-7(4-8(10)3-6)9-13-11-5-12-14-9/h2-5H,1H3/i10-1. The van der Waals surface area contributed by atoms with E-state index in [-0.39, 0.29) is 5.82 Å². The molecule has 0 radical (unpaired) electrons. The zero-order chi connectivity index (χ0) is 9.97. The average Bonchev–Trinajstić information content (AvgIpc) is 2.18. The van der Waals surface area contributed by atoms with Gasteiger partial charge >= 0.3 is 0 Å². The van der Waals surface area contributed by atoms with Crippen molar-refractivity contribution in [2.24, 2.45) is 0 Å². The molecule has 0 aliphatic rings. The lowest BCUT2D eigenvalue weighted by molar-refractivity contribution is 0.627. The van der Waals surface area contributed by atoms with Gasteiger partial charge < -0.3 is 0 Å². The minimum absolute atomic E-state index is 0.313. The van der Waals surface area contributed by atoms with Gasteiger partial charge in [-0.1, -0.05) is 0 Å². The maximum absolute atomic E-state index is 13.0. The van der Waals surface area contributed by atoms with Crippen molar-refractivity contribution in [3.63, 3.8) is 0 Å². The summed E-state index contributed by atoms with van der Waals surface area (Å²) in [5.41, 5.74) is 1.40. The Labute approximate surface area is 79.8 Å². The third-order valence-corrected chi connectivity index (χ3v) is 1.71. The topological polar surface area (TPSA) is 51.6 Å². The Balaban J connectivity index is 2.52. The van der Waals surface area contributed by atoms with Crippen LogP contribution in [0, 0.1) is 12.7 Å². The summed E-state index contributed by atoms with van der Waals surface area (Å²) < 4.78 is 13.0. The number of nitrogens with zero attached hydrogens (tertiary/aromatic N) is 4. The maximum Gasteiger partial charge on any atom is 0.203 e. The molecule has 2 aromatic rings.